The van der Waals surface area contributed by atoms with Crippen LogP contribution in [0.1, 0.15) is 9.67 Å². The van der Waals surface area contributed by atoms with Crippen LogP contribution in [0.25, 0.3) is 10.4 Å². The number of aromatic carboxylic acids is 1. The first-order chi connectivity index (χ1) is 7.99. The van der Waals surface area contributed by atoms with E-state index < -0.39 is 5.97 Å². The summed E-state index contributed by atoms with van der Waals surface area (Å²) in [5, 5.41) is 8.95. The predicted molar refractivity (Wildman–Crippen MR) is 76.5 cm³/mol. The van der Waals surface area contributed by atoms with Crippen LogP contribution in [-0.4, -0.2) is 11.1 Å². The normalized spacial score (nSPS) is 10.5. The van der Waals surface area contributed by atoms with Crippen LogP contribution in [0.4, 0.5) is 5.69 Å². The highest BCUT2D eigenvalue weighted by Gasteiger charge is 2.15. The maximum Gasteiger partial charge on any atom is 0.348 e. The lowest BCUT2D eigenvalue weighted by atomic mass is 10.2. The fourth-order valence-corrected chi connectivity index (χ4v) is 3.74. The molecular formula is C11H7Br2NO2S. The van der Waals surface area contributed by atoms with E-state index in [4.69, 9.17) is 10.8 Å². The van der Waals surface area contributed by atoms with Gasteiger partial charge in [-0.3, -0.25) is 0 Å². The molecule has 0 aliphatic carbocycles. The number of nitrogen functional groups attached to an aromatic ring is 1. The van der Waals surface area contributed by atoms with Crippen LogP contribution < -0.4 is 5.73 Å². The van der Waals surface area contributed by atoms with Crippen molar-refractivity contribution in [3.05, 3.63) is 38.1 Å². The summed E-state index contributed by atoms with van der Waals surface area (Å²) < 4.78 is 1.85. The molecule has 0 unspecified atom stereocenters. The summed E-state index contributed by atoms with van der Waals surface area (Å²) in [7, 11) is 0. The van der Waals surface area contributed by atoms with Gasteiger partial charge in [0.25, 0.3) is 0 Å². The number of thiophene rings is 1. The molecule has 0 amide bonds. The Kier molecular flexibility index (Phi) is 3.56. The maximum atomic E-state index is 10.9. The maximum absolute atomic E-state index is 10.9. The highest BCUT2D eigenvalue weighted by molar-refractivity contribution is 9.11. The first-order valence-electron chi connectivity index (χ1n) is 4.57. The summed E-state index contributed by atoms with van der Waals surface area (Å²) in [6.07, 6.45) is 0. The van der Waals surface area contributed by atoms with E-state index in [0.717, 1.165) is 19.4 Å². The van der Waals surface area contributed by atoms with Gasteiger partial charge in [0.2, 0.25) is 0 Å². The number of hydrogen-bond donors (Lipinski definition) is 2. The molecular weight excluding hydrogens is 370 g/mol. The van der Waals surface area contributed by atoms with Gasteiger partial charge >= 0.3 is 5.97 Å². The SMILES string of the molecule is Nc1cc(-c2ccc(Br)cc2Br)sc1C(=O)O. The Hall–Kier alpha value is -0.850. The third kappa shape index (κ3) is 2.53. The van der Waals surface area contributed by atoms with E-state index >= 15 is 0 Å². The van der Waals surface area contributed by atoms with Gasteiger partial charge in [0.15, 0.2) is 0 Å². The Morgan fingerprint density at radius 3 is 2.53 bits per heavy atom. The monoisotopic (exact) mass is 375 g/mol. The largest absolute Gasteiger partial charge is 0.477 e. The van der Waals surface area contributed by atoms with Crippen molar-refractivity contribution < 1.29 is 9.90 Å². The summed E-state index contributed by atoms with van der Waals surface area (Å²) in [6, 6.07) is 7.40. The van der Waals surface area contributed by atoms with Crippen molar-refractivity contribution in [2.24, 2.45) is 0 Å². The van der Waals surface area contributed by atoms with E-state index in [2.05, 4.69) is 31.9 Å². The molecule has 2 aromatic rings. The van der Waals surface area contributed by atoms with Crippen molar-refractivity contribution in [3.63, 3.8) is 0 Å². The van der Waals surface area contributed by atoms with Gasteiger partial charge in [-0.25, -0.2) is 4.79 Å². The zero-order chi connectivity index (χ0) is 12.6. The second kappa shape index (κ2) is 4.80. The molecule has 0 bridgehead atoms. The lowest BCUT2D eigenvalue weighted by Gasteiger charge is -2.01. The van der Waals surface area contributed by atoms with E-state index in [1.54, 1.807) is 6.07 Å². The zero-order valence-corrected chi connectivity index (χ0v) is 12.4. The number of carboxylic acids is 1. The van der Waals surface area contributed by atoms with Crippen molar-refractivity contribution >= 4 is 54.9 Å². The molecule has 1 aromatic heterocycles. The third-order valence-corrected chi connectivity index (χ3v) is 4.47. The standard InChI is InChI=1S/C11H7Br2NO2S/c12-5-1-2-6(7(13)3-5)9-4-8(14)10(17-9)11(15)16/h1-4H,14H2,(H,15,16). The molecule has 0 spiro atoms. The van der Waals surface area contributed by atoms with E-state index in [9.17, 15) is 4.79 Å². The lowest BCUT2D eigenvalue weighted by Crippen LogP contribution is -1.96. The van der Waals surface area contributed by atoms with Gasteiger partial charge in [-0.05, 0) is 18.2 Å². The molecule has 17 heavy (non-hydrogen) atoms. The first-order valence-corrected chi connectivity index (χ1v) is 6.97. The molecule has 0 aliphatic heterocycles. The molecule has 0 aliphatic rings. The average molecular weight is 377 g/mol. The van der Waals surface area contributed by atoms with Gasteiger partial charge in [0.1, 0.15) is 4.88 Å². The van der Waals surface area contributed by atoms with Crippen molar-refractivity contribution in [1.29, 1.82) is 0 Å². The molecule has 1 aromatic carbocycles. The number of nitrogens with two attached hydrogens (primary N) is 1. The third-order valence-electron chi connectivity index (χ3n) is 2.15. The average Bonchev–Trinajstić information content (AvgIpc) is 2.60. The number of anilines is 1. The summed E-state index contributed by atoms with van der Waals surface area (Å²) >= 11 is 7.98. The molecule has 3 N–H and O–H groups in total. The van der Waals surface area contributed by atoms with E-state index in [1.807, 2.05) is 18.2 Å². The van der Waals surface area contributed by atoms with E-state index in [1.165, 1.54) is 11.3 Å². The minimum absolute atomic E-state index is 0.176. The number of rotatable bonds is 2. The van der Waals surface area contributed by atoms with Crippen molar-refractivity contribution in [2.45, 2.75) is 0 Å². The quantitative estimate of drug-likeness (QED) is 0.824. The van der Waals surface area contributed by atoms with Crippen LogP contribution in [0.5, 0.6) is 0 Å². The van der Waals surface area contributed by atoms with Gasteiger partial charge in [-0.1, -0.05) is 37.9 Å². The molecule has 3 nitrogen and oxygen atoms in total. The Morgan fingerprint density at radius 2 is 2.00 bits per heavy atom. The van der Waals surface area contributed by atoms with Gasteiger partial charge < -0.3 is 10.8 Å². The minimum atomic E-state index is -0.994. The predicted octanol–water partition coefficient (Wildman–Crippen LogP) is 4.22. The fraction of sp³-hybridized carbons (Fsp3) is 0. The Balaban J connectivity index is 2.53. The van der Waals surface area contributed by atoms with Crippen LogP contribution in [0, 0.1) is 0 Å². The van der Waals surface area contributed by atoms with Crippen LogP contribution in [0.2, 0.25) is 0 Å². The number of carboxylic acid groups (broad SMARTS) is 1. The molecule has 6 heteroatoms. The van der Waals surface area contributed by atoms with Gasteiger partial charge in [-0.15, -0.1) is 11.3 Å². The number of halogens is 2. The van der Waals surface area contributed by atoms with Gasteiger partial charge in [0, 0.05) is 19.4 Å². The molecule has 0 radical (unpaired) electrons. The molecule has 1 heterocycles. The van der Waals surface area contributed by atoms with Crippen LogP contribution in [0.15, 0.2) is 33.2 Å². The molecule has 2 rings (SSSR count). The van der Waals surface area contributed by atoms with Gasteiger partial charge in [-0.2, -0.15) is 0 Å². The van der Waals surface area contributed by atoms with Crippen molar-refractivity contribution in [3.8, 4) is 10.4 Å². The number of carbonyl (C=O) groups is 1. The fourth-order valence-electron chi connectivity index (χ4n) is 1.39. The molecule has 88 valence electrons. The molecule has 0 saturated heterocycles. The number of hydrogen-bond acceptors (Lipinski definition) is 3. The number of benzene rings is 1. The molecule has 0 fully saturated rings. The van der Waals surface area contributed by atoms with Crippen LogP contribution in [0.3, 0.4) is 0 Å². The van der Waals surface area contributed by atoms with Gasteiger partial charge in [0.05, 0.1) is 5.69 Å². The van der Waals surface area contributed by atoms with Crippen molar-refractivity contribution in [1.82, 2.24) is 0 Å². The summed E-state index contributed by atoms with van der Waals surface area (Å²) in [5.74, 6) is -0.994. The lowest BCUT2D eigenvalue weighted by molar-refractivity contribution is 0.0703. The van der Waals surface area contributed by atoms with Crippen LogP contribution >= 0.6 is 43.2 Å². The summed E-state index contributed by atoms with van der Waals surface area (Å²) in [4.78, 5) is 11.9. The molecule has 0 atom stereocenters. The summed E-state index contributed by atoms with van der Waals surface area (Å²) in [6.45, 7) is 0. The Labute approximate surface area is 119 Å². The highest BCUT2D eigenvalue weighted by atomic mass is 79.9. The van der Waals surface area contributed by atoms with E-state index in [0.29, 0.717) is 5.69 Å². The van der Waals surface area contributed by atoms with Crippen LogP contribution in [-0.2, 0) is 0 Å². The minimum Gasteiger partial charge on any atom is -0.477 e. The topological polar surface area (TPSA) is 63.3 Å². The Bertz CT molecular complexity index is 595. The molecule has 0 saturated carbocycles. The second-order valence-corrected chi connectivity index (χ2v) is 6.15. The smallest absolute Gasteiger partial charge is 0.348 e. The Morgan fingerprint density at radius 1 is 1.29 bits per heavy atom. The first kappa shape index (κ1) is 12.6. The zero-order valence-electron chi connectivity index (χ0n) is 8.41. The van der Waals surface area contributed by atoms with Crippen molar-refractivity contribution in [2.75, 3.05) is 5.73 Å². The second-order valence-electron chi connectivity index (χ2n) is 3.32. The van der Waals surface area contributed by atoms with E-state index in [-0.39, 0.29) is 4.88 Å². The highest BCUT2D eigenvalue weighted by Crippen LogP contribution is 2.38. The summed E-state index contributed by atoms with van der Waals surface area (Å²) in [5.41, 5.74) is 6.89.